The van der Waals surface area contributed by atoms with E-state index in [1.807, 2.05) is 49.8 Å². The van der Waals surface area contributed by atoms with E-state index in [0.717, 1.165) is 53.8 Å². The lowest BCUT2D eigenvalue weighted by Gasteiger charge is -2.27. The van der Waals surface area contributed by atoms with Crippen LogP contribution in [0.25, 0.3) is 11.3 Å². The molecule has 3 heterocycles. The Hall–Kier alpha value is -3.45. The number of allylic oxidation sites excluding steroid dienone is 6. The van der Waals surface area contributed by atoms with Gasteiger partial charge in [-0.15, -0.1) is 0 Å². The molecule has 0 aliphatic carbocycles. The van der Waals surface area contributed by atoms with Crippen LogP contribution in [0.1, 0.15) is 74.9 Å². The maximum absolute atomic E-state index is 5.72. The molecule has 1 aromatic carbocycles. The molecule has 0 bridgehead atoms. The third-order valence-corrected chi connectivity index (χ3v) is 7.02. The van der Waals surface area contributed by atoms with E-state index in [2.05, 4.69) is 47.8 Å². The normalized spacial score (nSPS) is 17.3. The van der Waals surface area contributed by atoms with Gasteiger partial charge < -0.3 is 14.0 Å². The Labute approximate surface area is 214 Å². The van der Waals surface area contributed by atoms with E-state index in [9.17, 15) is 0 Å². The van der Waals surface area contributed by atoms with Crippen LogP contribution in [0.2, 0.25) is 0 Å². The van der Waals surface area contributed by atoms with Crippen molar-refractivity contribution >= 4 is 11.3 Å². The topological polar surface area (TPSA) is 67.0 Å². The molecule has 1 aliphatic rings. The Kier molecular flexibility index (Phi) is 7.59. The number of ether oxygens (including phenoxy) is 2. The van der Waals surface area contributed by atoms with E-state index in [1.165, 1.54) is 11.1 Å². The van der Waals surface area contributed by atoms with Crippen molar-refractivity contribution in [3.05, 3.63) is 89.2 Å². The van der Waals surface area contributed by atoms with Crippen LogP contribution in [0.15, 0.2) is 60.8 Å². The number of benzene rings is 1. The highest BCUT2D eigenvalue weighted by molar-refractivity contribution is 5.73. The number of aromatic nitrogens is 5. The second kappa shape index (κ2) is 10.7. The number of rotatable bonds is 8. The molecule has 0 spiro atoms. The van der Waals surface area contributed by atoms with Gasteiger partial charge in [0.1, 0.15) is 11.6 Å². The van der Waals surface area contributed by atoms with Crippen LogP contribution in [-0.2, 0) is 21.6 Å². The fourth-order valence-electron chi connectivity index (χ4n) is 4.55. The molecular formula is C29H37N5O2. The van der Waals surface area contributed by atoms with Crippen molar-refractivity contribution in [3.63, 3.8) is 0 Å². The molecule has 0 saturated heterocycles. The smallest absolute Gasteiger partial charge is 0.181 e. The summed E-state index contributed by atoms with van der Waals surface area (Å²) in [4.78, 5) is 9.40. The number of hydrogen-bond acceptors (Lipinski definition) is 5. The molecule has 190 valence electrons. The van der Waals surface area contributed by atoms with Crippen LogP contribution < -0.4 is 0 Å². The monoisotopic (exact) mass is 487 g/mol. The fraction of sp³-hybridized carbons (Fsp3) is 0.414. The third-order valence-electron chi connectivity index (χ3n) is 7.02. The summed E-state index contributed by atoms with van der Waals surface area (Å²) in [7, 11) is 3.43. The summed E-state index contributed by atoms with van der Waals surface area (Å²) in [6.07, 6.45) is 12.0. The van der Waals surface area contributed by atoms with Crippen LogP contribution in [0.5, 0.6) is 0 Å². The van der Waals surface area contributed by atoms with Gasteiger partial charge in [0.2, 0.25) is 0 Å². The number of nitrogens with zero attached hydrogens (tertiary/aromatic N) is 5. The number of methoxy groups -OCH3 is 2. The minimum Gasteiger partial charge on any atom is -0.499 e. The van der Waals surface area contributed by atoms with Crippen molar-refractivity contribution in [1.82, 2.24) is 24.3 Å². The summed E-state index contributed by atoms with van der Waals surface area (Å²) in [5.74, 6) is 2.76. The first-order valence-corrected chi connectivity index (χ1v) is 12.5. The molecule has 2 aromatic heterocycles. The summed E-state index contributed by atoms with van der Waals surface area (Å²) < 4.78 is 15.3. The standard InChI is InChI=1S/C29H37N5O2/c1-8-22(14-15-26(21(3)35-6)33-18-20(2)30-19-33)27-31-28-25(13-10-16-34(28)32-27)23-11-9-12-24(17-23)29(4,5)36-7/h8-9,11-12,14-15,17-19,25H,10,13,16H2,1-7H3/b15-14-,22-8?,26-21-/t25-/m1/s1. The number of imidazole rings is 1. The van der Waals surface area contributed by atoms with Crippen LogP contribution >= 0.6 is 0 Å². The number of aryl methyl sites for hydroxylation is 2. The molecular weight excluding hydrogens is 450 g/mol. The van der Waals surface area contributed by atoms with E-state index < -0.39 is 0 Å². The minimum absolute atomic E-state index is 0.204. The fourth-order valence-corrected chi connectivity index (χ4v) is 4.55. The first kappa shape index (κ1) is 25.6. The van der Waals surface area contributed by atoms with Crippen molar-refractivity contribution in [2.24, 2.45) is 0 Å². The Morgan fingerprint density at radius 2 is 2.00 bits per heavy atom. The lowest BCUT2D eigenvalue weighted by molar-refractivity contribution is 0.0191. The first-order chi connectivity index (χ1) is 17.3. The zero-order valence-corrected chi connectivity index (χ0v) is 22.4. The molecule has 0 amide bonds. The zero-order chi connectivity index (χ0) is 25.9. The SMILES string of the molecule is CC=C(/C=C\C(=C(/C)OC)n1cnc(C)c1)c1nc2n(n1)CCC[C@@H]2c1cccc(C(C)(C)OC)c1. The van der Waals surface area contributed by atoms with Crippen LogP contribution in [0.4, 0.5) is 0 Å². The largest absolute Gasteiger partial charge is 0.499 e. The molecule has 7 nitrogen and oxygen atoms in total. The lowest BCUT2D eigenvalue weighted by Crippen LogP contribution is -2.21. The van der Waals surface area contributed by atoms with Crippen LogP contribution in [0, 0.1) is 6.92 Å². The van der Waals surface area contributed by atoms with Crippen molar-refractivity contribution < 1.29 is 9.47 Å². The highest BCUT2D eigenvalue weighted by Crippen LogP contribution is 2.35. The molecule has 3 aromatic rings. The Balaban J connectivity index is 1.66. The Bertz CT molecular complexity index is 1310. The molecule has 36 heavy (non-hydrogen) atoms. The average Bonchev–Trinajstić information content (AvgIpc) is 3.52. The van der Waals surface area contributed by atoms with Gasteiger partial charge in [0.05, 0.1) is 30.4 Å². The summed E-state index contributed by atoms with van der Waals surface area (Å²) in [5.41, 5.74) is 4.90. The predicted octanol–water partition coefficient (Wildman–Crippen LogP) is 6.08. The second-order valence-electron chi connectivity index (χ2n) is 9.70. The van der Waals surface area contributed by atoms with Crippen molar-refractivity contribution in [3.8, 4) is 0 Å². The van der Waals surface area contributed by atoms with Gasteiger partial charge in [0.15, 0.2) is 5.82 Å². The minimum atomic E-state index is -0.342. The van der Waals surface area contributed by atoms with Gasteiger partial charge in [-0.05, 0) is 70.7 Å². The van der Waals surface area contributed by atoms with Crippen LogP contribution in [-0.4, -0.2) is 38.5 Å². The van der Waals surface area contributed by atoms with Gasteiger partial charge in [-0.1, -0.05) is 30.3 Å². The van der Waals surface area contributed by atoms with Crippen molar-refractivity contribution in [2.75, 3.05) is 14.2 Å². The van der Waals surface area contributed by atoms with E-state index in [1.54, 1.807) is 20.5 Å². The number of fused-ring (bicyclic) bond motifs is 1. The van der Waals surface area contributed by atoms with Gasteiger partial charge in [0, 0.05) is 31.3 Å². The number of hydrogen-bond donors (Lipinski definition) is 0. The van der Waals surface area contributed by atoms with Gasteiger partial charge in [-0.25, -0.2) is 14.6 Å². The van der Waals surface area contributed by atoms with E-state index in [0.29, 0.717) is 0 Å². The second-order valence-corrected chi connectivity index (χ2v) is 9.70. The molecule has 0 saturated carbocycles. The highest BCUT2D eigenvalue weighted by Gasteiger charge is 2.28. The molecule has 0 radical (unpaired) electrons. The third kappa shape index (κ3) is 5.21. The zero-order valence-electron chi connectivity index (χ0n) is 22.4. The summed E-state index contributed by atoms with van der Waals surface area (Å²) >= 11 is 0. The lowest BCUT2D eigenvalue weighted by atomic mass is 9.87. The Morgan fingerprint density at radius 1 is 1.19 bits per heavy atom. The summed E-state index contributed by atoms with van der Waals surface area (Å²) in [5, 5.41) is 4.90. The molecule has 1 atom stereocenters. The molecule has 4 rings (SSSR count). The van der Waals surface area contributed by atoms with Gasteiger partial charge in [-0.2, -0.15) is 5.10 Å². The van der Waals surface area contributed by atoms with E-state index in [-0.39, 0.29) is 11.5 Å². The first-order valence-electron chi connectivity index (χ1n) is 12.5. The van der Waals surface area contributed by atoms with Crippen molar-refractivity contribution in [1.29, 1.82) is 0 Å². The van der Waals surface area contributed by atoms with Gasteiger partial charge >= 0.3 is 0 Å². The predicted molar refractivity (Wildman–Crippen MR) is 143 cm³/mol. The van der Waals surface area contributed by atoms with Crippen molar-refractivity contribution in [2.45, 2.75) is 65.5 Å². The van der Waals surface area contributed by atoms with E-state index >= 15 is 0 Å². The molecule has 1 aliphatic heterocycles. The van der Waals surface area contributed by atoms with E-state index in [4.69, 9.17) is 19.6 Å². The molecule has 0 N–H and O–H groups in total. The maximum Gasteiger partial charge on any atom is 0.181 e. The van der Waals surface area contributed by atoms with Gasteiger partial charge in [0.25, 0.3) is 0 Å². The highest BCUT2D eigenvalue weighted by atomic mass is 16.5. The molecule has 7 heteroatoms. The van der Waals surface area contributed by atoms with Gasteiger partial charge in [-0.3, -0.25) is 0 Å². The molecule has 0 unspecified atom stereocenters. The quantitative estimate of drug-likeness (QED) is 0.284. The maximum atomic E-state index is 5.72. The molecule has 0 fully saturated rings. The Morgan fingerprint density at radius 3 is 2.67 bits per heavy atom. The summed E-state index contributed by atoms with van der Waals surface area (Å²) in [6, 6.07) is 8.69. The average molecular weight is 488 g/mol. The van der Waals surface area contributed by atoms with Crippen LogP contribution in [0.3, 0.4) is 0 Å². The summed E-state index contributed by atoms with van der Waals surface area (Å²) in [6.45, 7) is 11.0.